The van der Waals surface area contributed by atoms with E-state index in [2.05, 4.69) is 10.0 Å². The Bertz CT molecular complexity index is 581. The summed E-state index contributed by atoms with van der Waals surface area (Å²) < 4.78 is 64.8. The van der Waals surface area contributed by atoms with Gasteiger partial charge in [0.05, 0.1) is 11.3 Å². The van der Waals surface area contributed by atoms with E-state index in [9.17, 15) is 21.6 Å². The average Bonchev–Trinajstić information content (AvgIpc) is 2.88. The predicted octanol–water partition coefficient (Wildman–Crippen LogP) is 1.73. The van der Waals surface area contributed by atoms with Crippen LogP contribution in [0.25, 0.3) is 0 Å². The average molecular weight is 322 g/mol. The van der Waals surface area contributed by atoms with Crippen molar-refractivity contribution in [2.45, 2.75) is 18.3 Å². The largest absolute Gasteiger partial charge is 0.416 e. The van der Waals surface area contributed by atoms with Crippen LogP contribution in [0.5, 0.6) is 0 Å². The summed E-state index contributed by atoms with van der Waals surface area (Å²) in [6, 6.07) is 4.74. The molecule has 1 aliphatic heterocycles. The lowest BCUT2D eigenvalue weighted by atomic mass is 10.1. The van der Waals surface area contributed by atoms with Crippen molar-refractivity contribution in [2.24, 2.45) is 5.92 Å². The van der Waals surface area contributed by atoms with E-state index in [0.29, 0.717) is 0 Å². The molecule has 2 rings (SSSR count). The number of alkyl halides is 3. The smallest absolute Gasteiger partial charge is 0.316 e. The molecule has 2 N–H and O–H groups in total. The van der Waals surface area contributed by atoms with Crippen molar-refractivity contribution in [1.82, 2.24) is 10.0 Å². The molecule has 1 unspecified atom stereocenters. The first kappa shape index (κ1) is 16.3. The fourth-order valence-corrected chi connectivity index (χ4v) is 3.56. The minimum absolute atomic E-state index is 0.192. The molecule has 0 aliphatic carbocycles. The van der Waals surface area contributed by atoms with E-state index < -0.39 is 27.5 Å². The molecule has 1 saturated heterocycles. The topological polar surface area (TPSA) is 58.2 Å². The van der Waals surface area contributed by atoms with Gasteiger partial charge in [0, 0.05) is 6.54 Å². The van der Waals surface area contributed by atoms with Crippen LogP contribution in [0, 0.1) is 5.92 Å². The fraction of sp³-hybridized carbons (Fsp3) is 0.538. The highest BCUT2D eigenvalue weighted by molar-refractivity contribution is 7.88. The molecular weight excluding hydrogens is 305 g/mol. The highest BCUT2D eigenvalue weighted by Gasteiger charge is 2.34. The lowest BCUT2D eigenvalue weighted by molar-refractivity contribution is -0.138. The van der Waals surface area contributed by atoms with Crippen LogP contribution in [-0.4, -0.2) is 28.1 Å². The third kappa shape index (κ3) is 4.69. The van der Waals surface area contributed by atoms with E-state index >= 15 is 0 Å². The predicted molar refractivity (Wildman–Crippen MR) is 73.0 cm³/mol. The van der Waals surface area contributed by atoms with E-state index in [1.54, 1.807) is 0 Å². The maximum atomic E-state index is 12.8. The van der Waals surface area contributed by atoms with Gasteiger partial charge in [0.15, 0.2) is 0 Å². The first-order chi connectivity index (χ1) is 9.78. The molecule has 8 heteroatoms. The van der Waals surface area contributed by atoms with Crippen LogP contribution in [0.4, 0.5) is 13.2 Å². The Morgan fingerprint density at radius 2 is 2.00 bits per heavy atom. The Kier molecular flexibility index (Phi) is 4.90. The second-order valence-electron chi connectivity index (χ2n) is 5.12. The van der Waals surface area contributed by atoms with Crippen molar-refractivity contribution in [3.8, 4) is 0 Å². The normalized spacial score (nSPS) is 19.9. The summed E-state index contributed by atoms with van der Waals surface area (Å²) in [4.78, 5) is 0. The molecule has 0 amide bonds. The van der Waals surface area contributed by atoms with E-state index in [-0.39, 0.29) is 18.0 Å². The monoisotopic (exact) mass is 322 g/mol. The van der Waals surface area contributed by atoms with Gasteiger partial charge in [0.25, 0.3) is 0 Å². The summed E-state index contributed by atoms with van der Waals surface area (Å²) in [5, 5.41) is 3.10. The number of nitrogens with one attached hydrogen (secondary N) is 2. The molecule has 0 spiro atoms. The highest BCUT2D eigenvalue weighted by Crippen LogP contribution is 2.32. The molecule has 0 aromatic heterocycles. The zero-order chi connectivity index (χ0) is 15.5. The minimum atomic E-state index is -4.55. The maximum absolute atomic E-state index is 12.8. The number of rotatable bonds is 5. The van der Waals surface area contributed by atoms with Crippen molar-refractivity contribution >= 4 is 10.0 Å². The van der Waals surface area contributed by atoms with E-state index in [1.165, 1.54) is 18.2 Å². The maximum Gasteiger partial charge on any atom is 0.416 e. The lowest BCUT2D eigenvalue weighted by Crippen LogP contribution is -2.31. The number of hydrogen-bond donors (Lipinski definition) is 2. The van der Waals surface area contributed by atoms with Crippen molar-refractivity contribution in [3.05, 3.63) is 35.4 Å². The molecule has 1 aromatic carbocycles. The first-order valence-corrected chi connectivity index (χ1v) is 8.26. The van der Waals surface area contributed by atoms with Gasteiger partial charge in [-0.3, -0.25) is 0 Å². The second kappa shape index (κ2) is 6.33. The summed E-state index contributed by atoms with van der Waals surface area (Å²) in [6.07, 6.45) is -3.69. The summed E-state index contributed by atoms with van der Waals surface area (Å²) in [5.74, 6) is -0.472. The van der Waals surface area contributed by atoms with Gasteiger partial charge in [-0.05, 0) is 37.1 Å². The molecule has 0 saturated carbocycles. The molecule has 0 bridgehead atoms. The van der Waals surface area contributed by atoms with Crippen LogP contribution in [0.2, 0.25) is 0 Å². The zero-order valence-electron chi connectivity index (χ0n) is 11.3. The quantitative estimate of drug-likeness (QED) is 0.868. The Balaban J connectivity index is 2.06. The SMILES string of the molecule is O=S(=O)(Cc1ccccc1C(F)(F)F)NCC1CCNC1. The van der Waals surface area contributed by atoms with Gasteiger partial charge >= 0.3 is 6.18 Å². The van der Waals surface area contributed by atoms with E-state index in [4.69, 9.17) is 0 Å². The van der Waals surface area contributed by atoms with Crippen molar-refractivity contribution in [1.29, 1.82) is 0 Å². The molecule has 118 valence electrons. The first-order valence-electron chi connectivity index (χ1n) is 6.61. The van der Waals surface area contributed by atoms with Gasteiger partial charge < -0.3 is 5.32 Å². The number of halogens is 3. The lowest BCUT2D eigenvalue weighted by Gasteiger charge is -2.14. The van der Waals surface area contributed by atoms with Crippen LogP contribution in [0.15, 0.2) is 24.3 Å². The van der Waals surface area contributed by atoms with E-state index in [0.717, 1.165) is 25.6 Å². The third-order valence-electron chi connectivity index (χ3n) is 3.42. The molecule has 4 nitrogen and oxygen atoms in total. The van der Waals surface area contributed by atoms with Gasteiger partial charge in [0.1, 0.15) is 0 Å². The molecule has 1 heterocycles. The van der Waals surface area contributed by atoms with E-state index in [1.807, 2.05) is 0 Å². The Morgan fingerprint density at radius 1 is 1.29 bits per heavy atom. The highest BCUT2D eigenvalue weighted by atomic mass is 32.2. The van der Waals surface area contributed by atoms with Gasteiger partial charge in [-0.15, -0.1) is 0 Å². The van der Waals surface area contributed by atoms with Crippen molar-refractivity contribution in [3.63, 3.8) is 0 Å². The summed E-state index contributed by atoms with van der Waals surface area (Å²) in [5.41, 5.74) is -1.14. The van der Waals surface area contributed by atoms with Crippen LogP contribution in [0.1, 0.15) is 17.5 Å². The third-order valence-corrected chi connectivity index (χ3v) is 4.72. The molecule has 21 heavy (non-hydrogen) atoms. The van der Waals surface area contributed by atoms with Crippen LogP contribution in [0.3, 0.4) is 0 Å². The second-order valence-corrected chi connectivity index (χ2v) is 6.93. The molecule has 0 radical (unpaired) electrons. The summed E-state index contributed by atoms with van der Waals surface area (Å²) in [7, 11) is -3.78. The minimum Gasteiger partial charge on any atom is -0.316 e. The fourth-order valence-electron chi connectivity index (χ4n) is 2.31. The molecule has 1 fully saturated rings. The van der Waals surface area contributed by atoms with Gasteiger partial charge in [-0.1, -0.05) is 18.2 Å². The number of benzene rings is 1. The molecule has 1 aromatic rings. The standard InChI is InChI=1S/C13H17F3N2O2S/c14-13(15,16)12-4-2-1-3-11(12)9-21(19,20)18-8-10-5-6-17-7-10/h1-4,10,17-18H,5-9H2. The Labute approximate surface area is 121 Å². The van der Waals surface area contributed by atoms with Gasteiger partial charge in [0.2, 0.25) is 10.0 Å². The van der Waals surface area contributed by atoms with Crippen molar-refractivity contribution in [2.75, 3.05) is 19.6 Å². The number of hydrogen-bond acceptors (Lipinski definition) is 3. The zero-order valence-corrected chi connectivity index (χ0v) is 12.1. The van der Waals surface area contributed by atoms with Crippen molar-refractivity contribution < 1.29 is 21.6 Å². The molecule has 1 atom stereocenters. The van der Waals surface area contributed by atoms with Crippen LogP contribution >= 0.6 is 0 Å². The summed E-state index contributed by atoms with van der Waals surface area (Å²) >= 11 is 0. The Morgan fingerprint density at radius 3 is 2.62 bits per heavy atom. The molecular formula is C13H17F3N2O2S. The summed E-state index contributed by atoms with van der Waals surface area (Å²) in [6.45, 7) is 1.81. The van der Waals surface area contributed by atoms with Gasteiger partial charge in [-0.25, -0.2) is 13.1 Å². The number of sulfonamides is 1. The molecule has 1 aliphatic rings. The van der Waals surface area contributed by atoms with Gasteiger partial charge in [-0.2, -0.15) is 13.2 Å². The van der Waals surface area contributed by atoms with Crippen LogP contribution < -0.4 is 10.0 Å². The Hall–Kier alpha value is -1.12. The van der Waals surface area contributed by atoms with Crippen LogP contribution in [-0.2, 0) is 22.0 Å².